The quantitative estimate of drug-likeness (QED) is 0.0130. The minimum absolute atomic E-state index is 0.0394. The molecule has 0 unspecified atom stereocenters. The van der Waals surface area contributed by atoms with Crippen molar-refractivity contribution in [1.29, 1.82) is 0 Å². The number of allylic oxidation sites excluding steroid dienone is 7. The zero-order valence-corrected chi connectivity index (χ0v) is 67.0. The Balaban J connectivity index is 0.00000313. The number of likely N-dealkylation sites (N-methyl/N-ethyl adjacent to an activating group) is 2. The Morgan fingerprint density at radius 1 is 0.708 bits per heavy atom. The number of Topliss-reactive ketones (excluding diaryl/α,β-unsaturated/α-hetero) is 2. The van der Waals surface area contributed by atoms with Crippen LogP contribution in [0.15, 0.2) is 131 Å². The Bertz CT molecular complexity index is 4700. The van der Waals surface area contributed by atoms with Gasteiger partial charge in [0.2, 0.25) is 11.6 Å². The summed E-state index contributed by atoms with van der Waals surface area (Å²) in [6, 6.07) is 15.6. The van der Waals surface area contributed by atoms with E-state index in [1.54, 1.807) is 30.3 Å². The number of carbonyl (C=O) groups is 7. The van der Waals surface area contributed by atoms with Gasteiger partial charge in [0.05, 0.1) is 34.1 Å². The first-order valence-corrected chi connectivity index (χ1v) is 42.0. The van der Waals surface area contributed by atoms with Crippen LogP contribution in [0.25, 0.3) is 0 Å². The molecule has 38 heteroatoms. The van der Waals surface area contributed by atoms with Gasteiger partial charge >= 0.3 is 40.7 Å². The van der Waals surface area contributed by atoms with Crippen molar-refractivity contribution >= 4 is 106 Å². The molecule has 3 aromatic carbocycles. The average molecular weight is 1660 g/mol. The summed E-state index contributed by atoms with van der Waals surface area (Å²) in [5, 5.41) is 36.3. The Morgan fingerprint density at radius 2 is 1.35 bits per heavy atom. The summed E-state index contributed by atoms with van der Waals surface area (Å²) in [6.07, 6.45) is 14.3. The molecule has 10 N–H and O–H groups in total. The van der Waals surface area contributed by atoms with E-state index in [9.17, 15) is 82.7 Å². The van der Waals surface area contributed by atoms with Crippen molar-refractivity contribution in [2.75, 3.05) is 76.3 Å². The molecule has 1 aliphatic carbocycles. The first kappa shape index (κ1) is 93.8. The number of carboxylic acids is 3. The number of benzene rings is 3. The molecular formula is C75H100N9O25S4+. The number of nitrogens with zero attached hydrogens (tertiary/aromatic N) is 5. The zero-order chi connectivity index (χ0) is 84.0. The van der Waals surface area contributed by atoms with E-state index in [1.165, 1.54) is 24.7 Å². The summed E-state index contributed by atoms with van der Waals surface area (Å²) < 4.78 is 136. The van der Waals surface area contributed by atoms with Crippen molar-refractivity contribution < 1.29 is 119 Å². The number of nitrogens with one attached hydrogen (secondary N) is 4. The number of amides is 3. The van der Waals surface area contributed by atoms with Crippen molar-refractivity contribution in [2.45, 2.75) is 165 Å². The number of anilines is 1. The van der Waals surface area contributed by atoms with Gasteiger partial charge in [-0.25, -0.2) is 19.4 Å². The minimum Gasteiger partial charge on any atom is -0.481 e. The van der Waals surface area contributed by atoms with Gasteiger partial charge < -0.3 is 55.7 Å². The molecule has 4 aromatic rings. The number of aromatic amines is 1. The van der Waals surface area contributed by atoms with Crippen molar-refractivity contribution in [3.8, 4) is 5.75 Å². The van der Waals surface area contributed by atoms with Gasteiger partial charge in [-0.3, -0.25) is 32.8 Å². The van der Waals surface area contributed by atoms with Crippen molar-refractivity contribution in [2.24, 2.45) is 5.92 Å². The third kappa shape index (κ3) is 31.3. The van der Waals surface area contributed by atoms with E-state index in [4.69, 9.17) is 32.1 Å². The second-order valence-corrected chi connectivity index (χ2v) is 33.5. The van der Waals surface area contributed by atoms with Crippen LogP contribution in [0.1, 0.15) is 146 Å². The number of rotatable bonds is 44. The fraction of sp³-hybridized carbons (Fsp3) is 0.493. The minimum atomic E-state index is -4.61. The predicted molar refractivity (Wildman–Crippen MR) is 412 cm³/mol. The largest absolute Gasteiger partial charge is 0.481 e. The molecule has 3 heterocycles. The SMILES string of the molecule is CN(CCCC(=O)CC[C@H](NC(=O)NCCCC(=O)O)C(=O)O)CCN(C)CCC(=O)C[C@@H](Cc1cnc[nH]1)C(=O)N[C@@H](Cc1ccc(OC2=C(/C=C/C3=[N+](CCCCS(=O)(=O)O)c4ccccc4C3(C)C)CCC/C2=C\C=C2\N(CCCCS(=O)(=O)O)c3ccc(S(=O)(=O)O)cc3C2(C)C)cc1)C(=O)O.O=C=O.O=S(=O)=O. The highest BCUT2D eigenvalue weighted by Crippen LogP contribution is 2.49. The second kappa shape index (κ2) is 44.0. The summed E-state index contributed by atoms with van der Waals surface area (Å²) in [5.41, 5.74) is 6.18. The molecule has 0 saturated heterocycles. The predicted octanol–water partition coefficient (Wildman–Crippen LogP) is 6.39. The molecule has 3 atom stereocenters. The van der Waals surface area contributed by atoms with E-state index in [1.807, 2.05) is 85.1 Å². The van der Waals surface area contributed by atoms with Crippen molar-refractivity contribution in [1.82, 2.24) is 35.7 Å². The smallest absolute Gasteiger partial charge is 0.425 e. The van der Waals surface area contributed by atoms with Crippen LogP contribution < -0.4 is 25.6 Å². The monoisotopic (exact) mass is 1650 g/mol. The number of carboxylic acid groups (broad SMARTS) is 3. The van der Waals surface area contributed by atoms with Crippen LogP contribution in [0.3, 0.4) is 0 Å². The number of unbranched alkanes of at least 4 members (excludes halogenated alkanes) is 2. The number of hydrogen-bond acceptors (Lipinski definition) is 23. The van der Waals surface area contributed by atoms with Gasteiger partial charge in [0.1, 0.15) is 41.7 Å². The van der Waals surface area contributed by atoms with E-state index < -0.39 is 105 Å². The van der Waals surface area contributed by atoms with E-state index in [-0.39, 0.29) is 112 Å². The number of carbonyl (C=O) groups excluding carboxylic acids is 6. The summed E-state index contributed by atoms with van der Waals surface area (Å²) in [6.45, 7) is 10.8. The van der Waals surface area contributed by atoms with Gasteiger partial charge in [0.25, 0.3) is 30.4 Å². The Morgan fingerprint density at radius 3 is 1.96 bits per heavy atom. The van der Waals surface area contributed by atoms with Crippen LogP contribution in [-0.2, 0) is 103 Å². The van der Waals surface area contributed by atoms with Crippen LogP contribution in [0.5, 0.6) is 5.75 Å². The standard InChI is InChI=1S/C74H99N9O20S3.CO2.O3S/c1-73(2)59-19-7-8-20-63(59)82(37-9-11-42-104(94,95)96)65(73)32-24-51-16-13-17-52(25-33-66-74(3,4)60-47-58(106(100,101)102)29-31-64(60)83(66)38-10-12-43-105(97,98)99)68(51)103-57-27-22-50(23-28-57)44-62(71(91)92)78-69(88)53(45-54-48-75-49-77-54)46-56(85)34-39-81(6)41-40-80(5)36-15-18-55(84)26-30-61(70(89)90)79-72(93)76-35-14-21-67(86)87;2-1-3;1-4(2)3/h7-8,19-20,22-25,27-29,31-33,47-49,53,61-62H,9-18,21,26,30,34-46H2,1-6H3,(H9-,75,76,77,78,79,86,87,88,89,90,91,92,93,94,95,96,97,98,99,100,101,102);;/p+1/t53-,61+,62+;;/m1../s1. The fourth-order valence-corrected chi connectivity index (χ4v) is 15.0. The molecule has 113 heavy (non-hydrogen) atoms. The molecule has 0 fully saturated rings. The number of imidazole rings is 1. The molecule has 0 bridgehead atoms. The van der Waals surface area contributed by atoms with Crippen molar-refractivity contribution in [3.63, 3.8) is 0 Å². The van der Waals surface area contributed by atoms with E-state index in [0.29, 0.717) is 105 Å². The van der Waals surface area contributed by atoms with Crippen LogP contribution in [0.4, 0.5) is 16.2 Å². The maximum Gasteiger partial charge on any atom is 0.425 e. The van der Waals surface area contributed by atoms with Crippen LogP contribution in [0.2, 0.25) is 0 Å². The number of aliphatic carboxylic acids is 3. The highest BCUT2D eigenvalue weighted by molar-refractivity contribution is 7.86. The van der Waals surface area contributed by atoms with Crippen LogP contribution >= 0.6 is 0 Å². The van der Waals surface area contributed by atoms with Crippen LogP contribution in [-0.4, -0.2) is 228 Å². The maximum absolute atomic E-state index is 14.2. The average Bonchev–Trinajstić information content (AvgIpc) is 1.60. The topological polar surface area (TPSA) is 515 Å². The molecule has 2 aliphatic heterocycles. The molecule has 0 saturated carbocycles. The Kier molecular flexibility index (Phi) is 36.6. The number of ketones is 2. The number of fused-ring (bicyclic) bond motifs is 2. The number of hydrogen-bond donors (Lipinski definition) is 10. The number of aromatic nitrogens is 2. The second-order valence-electron chi connectivity index (χ2n) is 28.6. The molecule has 3 amide bonds. The van der Waals surface area contributed by atoms with Gasteiger partial charge in [-0.2, -0.15) is 39.4 Å². The summed E-state index contributed by atoms with van der Waals surface area (Å²) in [7, 11) is -12.4. The highest BCUT2D eigenvalue weighted by atomic mass is 32.2. The molecular weight excluding hydrogens is 1560 g/mol. The molecule has 7 rings (SSSR count). The lowest BCUT2D eigenvalue weighted by atomic mass is 9.81. The molecule has 3 aliphatic rings. The third-order valence-electron chi connectivity index (χ3n) is 19.3. The van der Waals surface area contributed by atoms with Crippen molar-refractivity contribution in [3.05, 3.63) is 149 Å². The number of H-pyrrole nitrogens is 1. The molecule has 34 nitrogen and oxygen atoms in total. The Labute approximate surface area is 658 Å². The van der Waals surface area contributed by atoms with Gasteiger partial charge in [-0.05, 0) is 157 Å². The maximum atomic E-state index is 14.2. The molecule has 0 spiro atoms. The number of ether oxygens (including phenoxy) is 1. The van der Waals surface area contributed by atoms with E-state index in [2.05, 4.69) is 50.4 Å². The highest BCUT2D eigenvalue weighted by Gasteiger charge is 2.45. The lowest BCUT2D eigenvalue weighted by Gasteiger charge is -2.27. The fourth-order valence-electron chi connectivity index (χ4n) is 13.4. The first-order valence-electron chi connectivity index (χ1n) is 36.3. The van der Waals surface area contributed by atoms with Gasteiger partial charge in [-0.15, -0.1) is 12.6 Å². The van der Waals surface area contributed by atoms with Gasteiger partial charge in [0, 0.05) is 130 Å². The summed E-state index contributed by atoms with van der Waals surface area (Å²) in [4.78, 5) is 117. The van der Waals surface area contributed by atoms with Crippen LogP contribution in [0, 0.1) is 5.92 Å². The molecule has 1 aromatic heterocycles. The summed E-state index contributed by atoms with van der Waals surface area (Å²) >= 11 is 0. The third-order valence-corrected chi connectivity index (χ3v) is 21.7. The normalized spacial score (nSPS) is 15.9. The van der Waals surface area contributed by atoms with E-state index >= 15 is 0 Å². The summed E-state index contributed by atoms with van der Waals surface area (Å²) in [5.74, 6) is -5.61. The lowest BCUT2D eigenvalue weighted by molar-refractivity contribution is -0.438. The zero-order valence-electron chi connectivity index (χ0n) is 63.7. The van der Waals surface area contributed by atoms with E-state index in [0.717, 1.165) is 33.8 Å². The molecule has 618 valence electrons. The molecule has 0 radical (unpaired) electrons. The Hall–Kier alpha value is -9.76. The lowest BCUT2D eigenvalue weighted by Crippen LogP contribution is -2.46. The van der Waals surface area contributed by atoms with Gasteiger partial charge in [-0.1, -0.05) is 50.3 Å². The van der Waals surface area contributed by atoms with Gasteiger partial charge in [0.15, 0.2) is 5.71 Å². The first-order chi connectivity index (χ1) is 53.0. The number of urea groups is 1. The number of para-hydroxylation sites is 1.